The molecule has 1 rings (SSSR count). The van der Waals surface area contributed by atoms with Gasteiger partial charge in [-0.25, -0.2) is 0 Å². The lowest BCUT2D eigenvalue weighted by atomic mass is 10.1. The van der Waals surface area contributed by atoms with Crippen molar-refractivity contribution < 1.29 is 9.59 Å². The number of nitrogen functional groups attached to an aromatic ring is 1. The third-order valence-electron chi connectivity index (χ3n) is 2.63. The summed E-state index contributed by atoms with van der Waals surface area (Å²) in [4.78, 5) is 24.8. The summed E-state index contributed by atoms with van der Waals surface area (Å²) in [7, 11) is 1.59. The Hall–Kier alpha value is -2.04. The maximum absolute atomic E-state index is 12.0. The van der Waals surface area contributed by atoms with Gasteiger partial charge in [0.1, 0.15) is 0 Å². The van der Waals surface area contributed by atoms with E-state index >= 15 is 0 Å². The van der Waals surface area contributed by atoms with Gasteiger partial charge in [0.2, 0.25) is 5.91 Å². The van der Waals surface area contributed by atoms with Crippen molar-refractivity contribution in [3.05, 3.63) is 29.3 Å². The van der Waals surface area contributed by atoms with Gasteiger partial charge in [0.15, 0.2) is 0 Å². The van der Waals surface area contributed by atoms with Gasteiger partial charge in [0.25, 0.3) is 5.91 Å². The molecule has 0 atom stereocenters. The Balaban J connectivity index is 2.74. The molecule has 0 aliphatic rings. The number of nitrogens with two attached hydrogens (primary N) is 1. The summed E-state index contributed by atoms with van der Waals surface area (Å²) >= 11 is 0. The third-order valence-corrected chi connectivity index (χ3v) is 2.63. The van der Waals surface area contributed by atoms with E-state index in [0.717, 1.165) is 5.56 Å². The van der Waals surface area contributed by atoms with Crippen molar-refractivity contribution in [2.45, 2.75) is 13.8 Å². The Labute approximate surface area is 107 Å². The fraction of sp³-hybridized carbons (Fsp3) is 0.385. The number of nitrogens with zero attached hydrogens (tertiary/aromatic N) is 1. The van der Waals surface area contributed by atoms with Gasteiger partial charge in [0.05, 0.1) is 6.54 Å². The molecule has 0 bridgehead atoms. The summed E-state index contributed by atoms with van der Waals surface area (Å²) in [6, 6.07) is 5.14. The van der Waals surface area contributed by atoms with Crippen molar-refractivity contribution in [3.8, 4) is 0 Å². The molecule has 98 valence electrons. The summed E-state index contributed by atoms with van der Waals surface area (Å²) in [5.74, 6) is -0.388. The Morgan fingerprint density at radius 1 is 1.39 bits per heavy atom. The van der Waals surface area contributed by atoms with Gasteiger partial charge >= 0.3 is 0 Å². The van der Waals surface area contributed by atoms with Crippen LogP contribution in [0.1, 0.15) is 22.8 Å². The molecule has 0 heterocycles. The second-order valence-electron chi connectivity index (χ2n) is 4.19. The first kappa shape index (κ1) is 14.0. The van der Waals surface area contributed by atoms with Crippen molar-refractivity contribution in [1.82, 2.24) is 10.2 Å². The molecule has 5 nitrogen and oxygen atoms in total. The van der Waals surface area contributed by atoms with Crippen LogP contribution in [0.15, 0.2) is 18.2 Å². The van der Waals surface area contributed by atoms with Gasteiger partial charge in [-0.1, -0.05) is 6.07 Å². The molecule has 2 amide bonds. The molecule has 1 aromatic rings. The average Bonchev–Trinajstić information content (AvgIpc) is 2.32. The van der Waals surface area contributed by atoms with Crippen LogP contribution in [0.5, 0.6) is 0 Å². The number of anilines is 1. The second-order valence-corrected chi connectivity index (χ2v) is 4.19. The number of hydrogen-bond donors (Lipinski definition) is 2. The first-order chi connectivity index (χ1) is 8.45. The minimum Gasteiger partial charge on any atom is -0.398 e. The van der Waals surface area contributed by atoms with E-state index in [9.17, 15) is 9.59 Å². The molecule has 3 N–H and O–H groups in total. The summed E-state index contributed by atoms with van der Waals surface area (Å²) in [5.41, 5.74) is 7.75. The number of aryl methyl sites for hydroxylation is 1. The number of amides is 2. The van der Waals surface area contributed by atoms with Gasteiger partial charge in [-0.3, -0.25) is 9.59 Å². The number of nitrogens with one attached hydrogen (secondary N) is 1. The fourth-order valence-electron chi connectivity index (χ4n) is 1.53. The molecule has 0 aromatic heterocycles. The highest BCUT2D eigenvalue weighted by Gasteiger charge is 2.14. The first-order valence-corrected chi connectivity index (χ1v) is 5.84. The zero-order valence-electron chi connectivity index (χ0n) is 11.0. The zero-order chi connectivity index (χ0) is 13.7. The van der Waals surface area contributed by atoms with Crippen LogP contribution in [0.4, 0.5) is 5.69 Å². The summed E-state index contributed by atoms with van der Waals surface area (Å²) in [6.45, 7) is 4.31. The molecule has 0 fully saturated rings. The molecule has 0 saturated carbocycles. The maximum Gasteiger partial charge on any atom is 0.254 e. The van der Waals surface area contributed by atoms with Gasteiger partial charge in [0, 0.05) is 24.8 Å². The minimum absolute atomic E-state index is 0.0421. The van der Waals surface area contributed by atoms with Gasteiger partial charge in [-0.05, 0) is 31.5 Å². The largest absolute Gasteiger partial charge is 0.398 e. The van der Waals surface area contributed by atoms with Crippen LogP contribution in [-0.4, -0.2) is 36.9 Å². The van der Waals surface area contributed by atoms with Crippen LogP contribution in [-0.2, 0) is 4.79 Å². The van der Waals surface area contributed by atoms with Gasteiger partial charge in [-0.2, -0.15) is 0 Å². The van der Waals surface area contributed by atoms with Crippen LogP contribution in [0.2, 0.25) is 0 Å². The highest BCUT2D eigenvalue weighted by Crippen LogP contribution is 2.14. The number of carbonyl (C=O) groups excluding carboxylic acids is 2. The molecule has 0 saturated heterocycles. The molecule has 0 aliphatic heterocycles. The quantitative estimate of drug-likeness (QED) is 0.774. The molecule has 0 spiro atoms. The average molecular weight is 249 g/mol. The molecule has 0 unspecified atom stereocenters. The number of carbonyl (C=O) groups is 2. The van der Waals surface area contributed by atoms with Gasteiger partial charge in [-0.15, -0.1) is 0 Å². The lowest BCUT2D eigenvalue weighted by molar-refractivity contribution is -0.121. The summed E-state index contributed by atoms with van der Waals surface area (Å²) < 4.78 is 0. The predicted molar refractivity (Wildman–Crippen MR) is 71.2 cm³/mol. The summed E-state index contributed by atoms with van der Waals surface area (Å²) in [5, 5.41) is 2.65. The van der Waals surface area contributed by atoms with E-state index in [-0.39, 0.29) is 18.4 Å². The Kier molecular flexibility index (Phi) is 4.71. The van der Waals surface area contributed by atoms with Crippen LogP contribution in [0.3, 0.4) is 0 Å². The predicted octanol–water partition coefficient (Wildman–Crippen LogP) is 0.785. The van der Waals surface area contributed by atoms with Crippen LogP contribution in [0.25, 0.3) is 0 Å². The van der Waals surface area contributed by atoms with Crippen LogP contribution in [0, 0.1) is 6.92 Å². The molecule has 0 radical (unpaired) electrons. The molecule has 5 heteroatoms. The van der Waals surface area contributed by atoms with E-state index in [1.54, 1.807) is 25.2 Å². The van der Waals surface area contributed by atoms with Crippen molar-refractivity contribution in [2.75, 3.05) is 25.9 Å². The second kappa shape index (κ2) is 6.05. The topological polar surface area (TPSA) is 75.4 Å². The number of rotatable bonds is 4. The highest BCUT2D eigenvalue weighted by atomic mass is 16.2. The van der Waals surface area contributed by atoms with E-state index < -0.39 is 0 Å². The van der Waals surface area contributed by atoms with Crippen molar-refractivity contribution in [3.63, 3.8) is 0 Å². The van der Waals surface area contributed by atoms with E-state index in [1.807, 2.05) is 13.8 Å². The molecule has 1 aromatic carbocycles. The standard InChI is InChI=1S/C13H19N3O2/c1-4-15-12(17)8-16(3)13(18)10-6-5-9(2)11(14)7-10/h5-7H,4,8,14H2,1-3H3,(H,15,17). The SMILES string of the molecule is CCNC(=O)CN(C)C(=O)c1ccc(C)c(N)c1. The van der Waals surface area contributed by atoms with Crippen molar-refractivity contribution in [1.29, 1.82) is 0 Å². The lowest BCUT2D eigenvalue weighted by Crippen LogP contribution is -2.38. The molecular weight excluding hydrogens is 230 g/mol. The molecule has 18 heavy (non-hydrogen) atoms. The van der Waals surface area contributed by atoms with Crippen molar-refractivity contribution in [2.24, 2.45) is 0 Å². The number of likely N-dealkylation sites (N-methyl/N-ethyl adjacent to an activating group) is 2. The normalized spacial score (nSPS) is 9.94. The zero-order valence-corrected chi connectivity index (χ0v) is 11.0. The number of benzene rings is 1. The molecule has 0 aliphatic carbocycles. The number of hydrogen-bond acceptors (Lipinski definition) is 3. The van der Waals surface area contributed by atoms with E-state index in [4.69, 9.17) is 5.73 Å². The molecular formula is C13H19N3O2. The smallest absolute Gasteiger partial charge is 0.254 e. The summed E-state index contributed by atoms with van der Waals surface area (Å²) in [6.07, 6.45) is 0. The third kappa shape index (κ3) is 3.48. The Morgan fingerprint density at radius 2 is 2.06 bits per heavy atom. The lowest BCUT2D eigenvalue weighted by Gasteiger charge is -2.17. The maximum atomic E-state index is 12.0. The van der Waals surface area contributed by atoms with Gasteiger partial charge < -0.3 is 16.0 Å². The highest BCUT2D eigenvalue weighted by molar-refractivity contribution is 5.97. The monoisotopic (exact) mass is 249 g/mol. The Morgan fingerprint density at radius 3 is 2.61 bits per heavy atom. The van der Waals surface area contributed by atoms with E-state index in [0.29, 0.717) is 17.8 Å². The van der Waals surface area contributed by atoms with E-state index in [1.165, 1.54) is 4.90 Å². The minimum atomic E-state index is -0.215. The van der Waals surface area contributed by atoms with Crippen molar-refractivity contribution >= 4 is 17.5 Å². The van der Waals surface area contributed by atoms with Crippen LogP contribution < -0.4 is 11.1 Å². The van der Waals surface area contributed by atoms with E-state index in [2.05, 4.69) is 5.32 Å². The first-order valence-electron chi connectivity index (χ1n) is 5.84. The Bertz CT molecular complexity index is 458. The van der Waals surface area contributed by atoms with Crippen LogP contribution >= 0.6 is 0 Å². The fourth-order valence-corrected chi connectivity index (χ4v) is 1.53.